The molecule has 2 amide bonds. The average molecular weight is 315 g/mol. The second kappa shape index (κ2) is 6.80. The van der Waals surface area contributed by atoms with E-state index >= 15 is 0 Å². The van der Waals surface area contributed by atoms with Crippen LogP contribution in [0.2, 0.25) is 5.02 Å². The third kappa shape index (κ3) is 3.47. The molecule has 1 fully saturated rings. The van der Waals surface area contributed by atoms with Gasteiger partial charge in [-0.15, -0.1) is 0 Å². The van der Waals surface area contributed by atoms with Crippen molar-refractivity contribution in [1.29, 1.82) is 0 Å². The van der Waals surface area contributed by atoms with Crippen molar-refractivity contribution in [2.24, 2.45) is 0 Å². The van der Waals surface area contributed by atoms with Gasteiger partial charge in [0.1, 0.15) is 0 Å². The monoisotopic (exact) mass is 314 g/mol. The molecule has 0 radical (unpaired) electrons. The Kier molecular flexibility index (Phi) is 5.06. The average Bonchev–Trinajstić information content (AvgIpc) is 2.88. The largest absolute Gasteiger partial charge is 0.450 e. The van der Waals surface area contributed by atoms with Crippen LogP contribution in [0.25, 0.3) is 0 Å². The van der Waals surface area contributed by atoms with Crippen LogP contribution in [0.5, 0.6) is 0 Å². The second-order valence-corrected chi connectivity index (χ2v) is 5.07. The lowest BCUT2D eigenvalue weighted by Gasteiger charge is -2.33. The minimum absolute atomic E-state index is 0.198. The molecule has 116 valence electrons. The number of rotatable bonds is 3. The zero-order valence-electron chi connectivity index (χ0n) is 12.2. The van der Waals surface area contributed by atoms with E-state index in [0.29, 0.717) is 44.4 Å². The van der Waals surface area contributed by atoms with Crippen molar-refractivity contribution in [3.05, 3.63) is 16.9 Å². The number of halogens is 1. The van der Waals surface area contributed by atoms with Crippen LogP contribution >= 0.6 is 11.6 Å². The predicted molar refractivity (Wildman–Crippen MR) is 77.4 cm³/mol. The van der Waals surface area contributed by atoms with Crippen LogP contribution < -0.4 is 0 Å². The molecule has 2 rings (SSSR count). The first-order chi connectivity index (χ1) is 10.1. The molecule has 1 aromatic heterocycles. The highest BCUT2D eigenvalue weighted by atomic mass is 35.5. The molecule has 7 nitrogen and oxygen atoms in total. The van der Waals surface area contributed by atoms with E-state index in [9.17, 15) is 9.59 Å². The Morgan fingerprint density at radius 1 is 1.24 bits per heavy atom. The molecule has 0 N–H and O–H groups in total. The third-order valence-corrected chi connectivity index (χ3v) is 3.61. The lowest BCUT2D eigenvalue weighted by atomic mass is 10.3. The summed E-state index contributed by atoms with van der Waals surface area (Å²) in [5.41, 5.74) is 0.267. The molecule has 0 bridgehead atoms. The Morgan fingerprint density at radius 2 is 1.86 bits per heavy atom. The van der Waals surface area contributed by atoms with E-state index in [1.54, 1.807) is 27.6 Å². The smallest absolute Gasteiger partial charge is 0.409 e. The van der Waals surface area contributed by atoms with Gasteiger partial charge in [-0.3, -0.25) is 9.48 Å². The Balaban J connectivity index is 1.96. The molecular formula is C13H19ClN4O3. The number of aryl methyl sites for hydroxylation is 1. The maximum atomic E-state index is 12.4. The zero-order valence-corrected chi connectivity index (χ0v) is 13.0. The molecule has 0 aromatic carbocycles. The fraction of sp³-hybridized carbons (Fsp3) is 0.615. The standard InChI is InChI=1S/C13H19ClN4O3/c1-3-18-9-10(14)11(15-18)12(19)16-5-7-17(8-6-16)13(20)21-4-2/h9H,3-8H2,1-2H3. The molecular weight excluding hydrogens is 296 g/mol. The van der Waals surface area contributed by atoms with Gasteiger partial charge in [-0.05, 0) is 13.8 Å². The van der Waals surface area contributed by atoms with Crippen molar-refractivity contribution >= 4 is 23.6 Å². The Labute approximate surface area is 128 Å². The molecule has 1 aliphatic rings. The maximum Gasteiger partial charge on any atom is 0.409 e. The molecule has 1 aliphatic heterocycles. The van der Waals surface area contributed by atoms with Crippen LogP contribution in [-0.4, -0.2) is 64.4 Å². The van der Waals surface area contributed by atoms with Crippen molar-refractivity contribution in [2.75, 3.05) is 32.8 Å². The number of carbonyl (C=O) groups is 2. The summed E-state index contributed by atoms with van der Waals surface area (Å²) in [4.78, 5) is 27.2. The van der Waals surface area contributed by atoms with Crippen LogP contribution in [0, 0.1) is 0 Å². The van der Waals surface area contributed by atoms with Gasteiger partial charge in [0.15, 0.2) is 5.69 Å². The van der Waals surface area contributed by atoms with E-state index in [1.807, 2.05) is 6.92 Å². The minimum Gasteiger partial charge on any atom is -0.450 e. The van der Waals surface area contributed by atoms with Crippen LogP contribution in [0.15, 0.2) is 6.20 Å². The molecule has 0 saturated carbocycles. The van der Waals surface area contributed by atoms with Crippen LogP contribution in [0.1, 0.15) is 24.3 Å². The number of piperazine rings is 1. The summed E-state index contributed by atoms with van der Waals surface area (Å²) in [6, 6.07) is 0. The van der Waals surface area contributed by atoms with Gasteiger partial charge < -0.3 is 14.5 Å². The minimum atomic E-state index is -0.335. The van der Waals surface area contributed by atoms with E-state index in [4.69, 9.17) is 16.3 Å². The van der Waals surface area contributed by atoms with Crippen molar-refractivity contribution in [3.63, 3.8) is 0 Å². The van der Waals surface area contributed by atoms with Gasteiger partial charge in [-0.1, -0.05) is 11.6 Å². The third-order valence-electron chi connectivity index (χ3n) is 3.34. The van der Waals surface area contributed by atoms with Crippen molar-refractivity contribution in [3.8, 4) is 0 Å². The van der Waals surface area contributed by atoms with Gasteiger partial charge in [-0.2, -0.15) is 5.10 Å². The van der Waals surface area contributed by atoms with Gasteiger partial charge in [0.25, 0.3) is 5.91 Å². The van der Waals surface area contributed by atoms with Crippen molar-refractivity contribution in [1.82, 2.24) is 19.6 Å². The molecule has 1 aromatic rings. The van der Waals surface area contributed by atoms with E-state index in [0.717, 1.165) is 0 Å². The van der Waals surface area contributed by atoms with Crippen LogP contribution in [-0.2, 0) is 11.3 Å². The summed E-state index contributed by atoms with van der Waals surface area (Å²) in [5, 5.41) is 4.53. The highest BCUT2D eigenvalue weighted by molar-refractivity contribution is 6.33. The van der Waals surface area contributed by atoms with Gasteiger partial charge in [0.05, 0.1) is 11.6 Å². The number of aromatic nitrogens is 2. The number of carbonyl (C=O) groups excluding carboxylic acids is 2. The molecule has 0 atom stereocenters. The topological polar surface area (TPSA) is 67.7 Å². The molecule has 8 heteroatoms. The highest BCUT2D eigenvalue weighted by Gasteiger charge is 2.28. The summed E-state index contributed by atoms with van der Waals surface area (Å²) in [7, 11) is 0. The van der Waals surface area contributed by atoms with Crippen molar-refractivity contribution in [2.45, 2.75) is 20.4 Å². The number of amides is 2. The van der Waals surface area contributed by atoms with Gasteiger partial charge in [-0.25, -0.2) is 4.79 Å². The summed E-state index contributed by atoms with van der Waals surface area (Å²) >= 11 is 6.04. The molecule has 0 aliphatic carbocycles. The molecule has 2 heterocycles. The Hall–Kier alpha value is -1.76. The zero-order chi connectivity index (χ0) is 15.4. The Morgan fingerprint density at radius 3 is 2.38 bits per heavy atom. The number of ether oxygens (including phenoxy) is 1. The van der Waals surface area contributed by atoms with E-state index in [-0.39, 0.29) is 17.7 Å². The summed E-state index contributed by atoms with van der Waals surface area (Å²) < 4.78 is 6.57. The second-order valence-electron chi connectivity index (χ2n) is 4.66. The first-order valence-electron chi connectivity index (χ1n) is 7.00. The molecule has 21 heavy (non-hydrogen) atoms. The summed E-state index contributed by atoms with van der Waals surface area (Å²) in [6.07, 6.45) is 1.31. The normalized spacial score (nSPS) is 15.2. The first-order valence-corrected chi connectivity index (χ1v) is 7.38. The van der Waals surface area contributed by atoms with Gasteiger partial charge in [0.2, 0.25) is 0 Å². The Bertz CT molecular complexity index is 523. The lowest BCUT2D eigenvalue weighted by Crippen LogP contribution is -2.50. The first kappa shape index (κ1) is 15.6. The molecule has 0 unspecified atom stereocenters. The summed E-state index contributed by atoms with van der Waals surface area (Å²) in [5.74, 6) is -0.198. The predicted octanol–water partition coefficient (Wildman–Crippen LogP) is 1.47. The van der Waals surface area contributed by atoms with E-state index < -0.39 is 0 Å². The van der Waals surface area contributed by atoms with Crippen molar-refractivity contribution < 1.29 is 14.3 Å². The van der Waals surface area contributed by atoms with Gasteiger partial charge >= 0.3 is 6.09 Å². The quantitative estimate of drug-likeness (QED) is 0.847. The van der Waals surface area contributed by atoms with Gasteiger partial charge in [0, 0.05) is 38.9 Å². The van der Waals surface area contributed by atoms with Crippen LogP contribution in [0.4, 0.5) is 4.79 Å². The lowest BCUT2D eigenvalue weighted by molar-refractivity contribution is 0.0565. The maximum absolute atomic E-state index is 12.4. The number of hydrogen-bond acceptors (Lipinski definition) is 4. The fourth-order valence-electron chi connectivity index (χ4n) is 2.16. The summed E-state index contributed by atoms with van der Waals surface area (Å²) in [6.45, 7) is 6.51. The van der Waals surface area contributed by atoms with E-state index in [2.05, 4.69) is 5.10 Å². The number of hydrogen-bond donors (Lipinski definition) is 0. The number of nitrogens with zero attached hydrogens (tertiary/aromatic N) is 4. The van der Waals surface area contributed by atoms with Crippen LogP contribution in [0.3, 0.4) is 0 Å². The fourth-order valence-corrected chi connectivity index (χ4v) is 2.39. The molecule has 0 spiro atoms. The SMILES string of the molecule is CCOC(=O)N1CCN(C(=O)c2nn(CC)cc2Cl)CC1. The van der Waals surface area contributed by atoms with E-state index in [1.165, 1.54) is 0 Å². The molecule has 1 saturated heterocycles. The highest BCUT2D eigenvalue weighted by Crippen LogP contribution is 2.17.